The molecule has 0 spiro atoms. The summed E-state index contributed by atoms with van der Waals surface area (Å²) in [6, 6.07) is 12.1. The number of sulfonamides is 1. The van der Waals surface area contributed by atoms with Crippen molar-refractivity contribution in [3.05, 3.63) is 54.7 Å². The van der Waals surface area contributed by atoms with E-state index in [0.29, 0.717) is 35.6 Å². The van der Waals surface area contributed by atoms with Crippen LogP contribution in [0.25, 0.3) is 22.5 Å². The van der Waals surface area contributed by atoms with Crippen LogP contribution in [0.2, 0.25) is 0 Å². The Kier molecular flexibility index (Phi) is 6.25. The molecule has 4 rings (SSSR count). The number of benzene rings is 2. The highest BCUT2D eigenvalue weighted by molar-refractivity contribution is 7.89. The molecule has 1 amide bonds. The van der Waals surface area contributed by atoms with Crippen molar-refractivity contribution in [3.8, 4) is 11.5 Å². The SMILES string of the molecule is CCn1c(CCC(=O)Nc2cccc(-c3nnco3)c2)nc2cc(S(=O)(=O)N(C)C)ccc21. The predicted molar refractivity (Wildman–Crippen MR) is 123 cm³/mol. The molecule has 0 atom stereocenters. The number of aryl methyl sites for hydroxylation is 2. The monoisotopic (exact) mass is 468 g/mol. The van der Waals surface area contributed by atoms with Crippen molar-refractivity contribution in [3.63, 3.8) is 0 Å². The van der Waals surface area contributed by atoms with Crippen LogP contribution in [0.15, 0.2) is 58.2 Å². The molecule has 2 heterocycles. The quantitative estimate of drug-likeness (QED) is 0.422. The first-order valence-electron chi connectivity index (χ1n) is 10.4. The Bertz CT molecular complexity index is 1390. The number of hydrogen-bond donors (Lipinski definition) is 1. The Labute approximate surface area is 191 Å². The lowest BCUT2D eigenvalue weighted by Gasteiger charge is -2.11. The molecule has 2 aromatic heterocycles. The largest absolute Gasteiger partial charge is 0.423 e. The number of carbonyl (C=O) groups excluding carboxylic acids is 1. The first-order chi connectivity index (χ1) is 15.8. The summed E-state index contributed by atoms with van der Waals surface area (Å²) in [7, 11) is -0.570. The fraction of sp³-hybridized carbons (Fsp3) is 0.273. The van der Waals surface area contributed by atoms with Gasteiger partial charge in [0.2, 0.25) is 28.2 Å². The molecule has 0 fully saturated rings. The molecule has 0 saturated heterocycles. The molecular formula is C22H24N6O4S. The molecule has 0 aliphatic rings. The number of amides is 1. The molecule has 4 aromatic rings. The Morgan fingerprint density at radius 2 is 2.00 bits per heavy atom. The average molecular weight is 469 g/mol. The van der Waals surface area contributed by atoms with Gasteiger partial charge in [-0.3, -0.25) is 4.79 Å². The van der Waals surface area contributed by atoms with Gasteiger partial charge in [-0.25, -0.2) is 17.7 Å². The highest BCUT2D eigenvalue weighted by Crippen LogP contribution is 2.23. The number of fused-ring (bicyclic) bond motifs is 1. The highest BCUT2D eigenvalue weighted by atomic mass is 32.2. The van der Waals surface area contributed by atoms with E-state index in [1.807, 2.05) is 17.6 Å². The maximum atomic E-state index is 12.6. The number of imidazole rings is 1. The molecule has 0 aliphatic carbocycles. The van der Waals surface area contributed by atoms with Gasteiger partial charge in [-0.1, -0.05) is 6.07 Å². The fourth-order valence-electron chi connectivity index (χ4n) is 3.55. The molecule has 11 heteroatoms. The Balaban J connectivity index is 1.50. The van der Waals surface area contributed by atoms with Crippen LogP contribution in [0.5, 0.6) is 0 Å². The van der Waals surface area contributed by atoms with Crippen LogP contribution < -0.4 is 5.32 Å². The number of nitrogens with zero attached hydrogens (tertiary/aromatic N) is 5. The normalized spacial score (nSPS) is 11.9. The lowest BCUT2D eigenvalue weighted by atomic mass is 10.2. The summed E-state index contributed by atoms with van der Waals surface area (Å²) in [6.45, 7) is 2.64. The van der Waals surface area contributed by atoms with Gasteiger partial charge in [0.05, 0.1) is 15.9 Å². The summed E-state index contributed by atoms with van der Waals surface area (Å²) in [5, 5.41) is 10.4. The lowest BCUT2D eigenvalue weighted by molar-refractivity contribution is -0.116. The maximum absolute atomic E-state index is 12.6. The molecule has 0 saturated carbocycles. The third kappa shape index (κ3) is 4.64. The number of anilines is 1. The van der Waals surface area contributed by atoms with E-state index in [1.54, 1.807) is 36.4 Å². The minimum atomic E-state index is -3.55. The maximum Gasteiger partial charge on any atom is 0.247 e. The number of rotatable bonds is 8. The van der Waals surface area contributed by atoms with Crippen LogP contribution in [0.1, 0.15) is 19.2 Å². The smallest absolute Gasteiger partial charge is 0.247 e. The number of nitrogens with one attached hydrogen (secondary N) is 1. The van der Waals surface area contributed by atoms with Crippen molar-refractivity contribution >= 4 is 32.7 Å². The van der Waals surface area contributed by atoms with E-state index in [2.05, 4.69) is 20.5 Å². The minimum absolute atomic E-state index is 0.164. The van der Waals surface area contributed by atoms with Gasteiger partial charge in [0.25, 0.3) is 0 Å². The van der Waals surface area contributed by atoms with Crippen molar-refractivity contribution < 1.29 is 17.6 Å². The van der Waals surface area contributed by atoms with Gasteiger partial charge in [-0.2, -0.15) is 0 Å². The number of hydrogen-bond acceptors (Lipinski definition) is 7. The van der Waals surface area contributed by atoms with Crippen molar-refractivity contribution in [2.24, 2.45) is 0 Å². The first-order valence-corrected chi connectivity index (χ1v) is 11.8. The summed E-state index contributed by atoms with van der Waals surface area (Å²) < 4.78 is 33.3. The zero-order valence-electron chi connectivity index (χ0n) is 18.5. The lowest BCUT2D eigenvalue weighted by Crippen LogP contribution is -2.22. The second kappa shape index (κ2) is 9.12. The third-order valence-corrected chi connectivity index (χ3v) is 7.03. The average Bonchev–Trinajstić information content (AvgIpc) is 3.45. The van der Waals surface area contributed by atoms with Crippen LogP contribution in [0.4, 0.5) is 5.69 Å². The van der Waals surface area contributed by atoms with Crippen molar-refractivity contribution in [2.75, 3.05) is 19.4 Å². The van der Waals surface area contributed by atoms with Crippen molar-refractivity contribution in [1.82, 2.24) is 24.1 Å². The predicted octanol–water partition coefficient (Wildman–Crippen LogP) is 2.93. The van der Waals surface area contributed by atoms with E-state index in [0.717, 1.165) is 11.3 Å². The number of carbonyl (C=O) groups is 1. The second-order valence-electron chi connectivity index (χ2n) is 7.58. The Hall–Kier alpha value is -3.57. The van der Waals surface area contributed by atoms with Crippen molar-refractivity contribution in [2.45, 2.75) is 31.2 Å². The van der Waals surface area contributed by atoms with E-state index in [9.17, 15) is 13.2 Å². The van der Waals surface area contributed by atoms with Gasteiger partial charge in [0.15, 0.2) is 0 Å². The molecule has 2 aromatic carbocycles. The van der Waals surface area contributed by atoms with Gasteiger partial charge >= 0.3 is 0 Å². The molecule has 33 heavy (non-hydrogen) atoms. The van der Waals surface area contributed by atoms with E-state index in [-0.39, 0.29) is 17.2 Å². The standard InChI is InChI=1S/C22H24N6O4S/c1-4-28-19-9-8-17(33(30,31)27(2)3)13-18(19)25-20(28)10-11-21(29)24-16-7-5-6-15(12-16)22-26-23-14-32-22/h5-9,12-14H,4,10-11H2,1-3H3,(H,24,29). The minimum Gasteiger partial charge on any atom is -0.423 e. The van der Waals surface area contributed by atoms with E-state index < -0.39 is 10.0 Å². The second-order valence-corrected chi connectivity index (χ2v) is 9.73. The molecule has 0 radical (unpaired) electrons. The fourth-order valence-corrected chi connectivity index (χ4v) is 4.47. The molecule has 0 aliphatic heterocycles. The summed E-state index contributed by atoms with van der Waals surface area (Å²) >= 11 is 0. The van der Waals surface area contributed by atoms with Crippen LogP contribution in [-0.2, 0) is 27.8 Å². The zero-order valence-corrected chi connectivity index (χ0v) is 19.3. The molecule has 0 bridgehead atoms. The van der Waals surface area contributed by atoms with Crippen LogP contribution in [0, 0.1) is 0 Å². The van der Waals surface area contributed by atoms with Gasteiger partial charge in [0, 0.05) is 44.7 Å². The van der Waals surface area contributed by atoms with Gasteiger partial charge in [-0.15, -0.1) is 10.2 Å². The van der Waals surface area contributed by atoms with E-state index >= 15 is 0 Å². The van der Waals surface area contributed by atoms with E-state index in [4.69, 9.17) is 4.42 Å². The van der Waals surface area contributed by atoms with Crippen LogP contribution in [-0.4, -0.2) is 52.5 Å². The van der Waals surface area contributed by atoms with Crippen molar-refractivity contribution in [1.29, 1.82) is 0 Å². The topological polar surface area (TPSA) is 123 Å². The van der Waals surface area contributed by atoms with Gasteiger partial charge in [-0.05, 0) is 43.3 Å². The van der Waals surface area contributed by atoms with E-state index in [1.165, 1.54) is 24.8 Å². The zero-order chi connectivity index (χ0) is 23.6. The summed E-state index contributed by atoms with van der Waals surface area (Å²) in [5.41, 5.74) is 2.75. The Morgan fingerprint density at radius 3 is 2.70 bits per heavy atom. The molecule has 1 N–H and O–H groups in total. The molecule has 0 unspecified atom stereocenters. The van der Waals surface area contributed by atoms with Gasteiger partial charge < -0.3 is 14.3 Å². The number of aromatic nitrogens is 4. The first kappa shape index (κ1) is 22.6. The summed E-state index contributed by atoms with van der Waals surface area (Å²) in [6.07, 6.45) is 1.88. The summed E-state index contributed by atoms with van der Waals surface area (Å²) in [4.78, 5) is 17.4. The summed E-state index contributed by atoms with van der Waals surface area (Å²) in [5.74, 6) is 0.934. The van der Waals surface area contributed by atoms with Crippen LogP contribution in [0.3, 0.4) is 0 Å². The molecule has 172 valence electrons. The Morgan fingerprint density at radius 1 is 1.18 bits per heavy atom. The van der Waals surface area contributed by atoms with Gasteiger partial charge in [0.1, 0.15) is 5.82 Å². The third-order valence-electron chi connectivity index (χ3n) is 5.22. The highest BCUT2D eigenvalue weighted by Gasteiger charge is 2.20. The van der Waals surface area contributed by atoms with Crippen LogP contribution >= 0.6 is 0 Å². The molecule has 10 nitrogen and oxygen atoms in total. The molecular weight excluding hydrogens is 444 g/mol.